The number of hydrogen-bond acceptors (Lipinski definition) is 5. The lowest BCUT2D eigenvalue weighted by molar-refractivity contribution is 0.0508. The number of rotatable bonds is 5. The van der Waals surface area contributed by atoms with Gasteiger partial charge >= 0.3 is 0 Å². The number of sulfonamides is 1. The number of nitrogens with one attached hydrogen (secondary N) is 1. The molecule has 0 spiro atoms. The first-order valence-corrected chi connectivity index (χ1v) is 11.2. The van der Waals surface area contributed by atoms with Crippen molar-refractivity contribution in [3.05, 3.63) is 58.6 Å². The first-order chi connectivity index (χ1) is 14.6. The first kappa shape index (κ1) is 23.6. The van der Waals surface area contributed by atoms with Crippen LogP contribution in [0.1, 0.15) is 23.2 Å². The summed E-state index contributed by atoms with van der Waals surface area (Å²) < 4.78 is 60.2. The topological polar surface area (TPSA) is 95.9 Å². The number of anilines is 1. The number of halogens is 3. The standard InChI is InChI=1S/C20H21ClF2N2O5S/c1-30-15-10-14(26)6-7-25(11-15)31(28,29)19-8-12(2-4-18(19)23)20(27)24-13-3-5-17(22)16(21)9-13/h2-5,8-9,14-15,26H,6-7,10-11H2,1H3,(H,24,27). The quantitative estimate of drug-likeness (QED) is 0.694. The Labute approximate surface area is 183 Å². The van der Waals surface area contributed by atoms with Crippen molar-refractivity contribution in [2.24, 2.45) is 0 Å². The number of carbonyl (C=O) groups is 1. The highest BCUT2D eigenvalue weighted by Crippen LogP contribution is 2.26. The third kappa shape index (κ3) is 5.39. The number of carbonyl (C=O) groups excluding carboxylic acids is 1. The average Bonchev–Trinajstić information content (AvgIpc) is 2.92. The number of amides is 1. The second kappa shape index (κ2) is 9.58. The average molecular weight is 475 g/mol. The van der Waals surface area contributed by atoms with Crippen LogP contribution in [0.4, 0.5) is 14.5 Å². The third-order valence-corrected chi connectivity index (χ3v) is 7.15. The summed E-state index contributed by atoms with van der Waals surface area (Å²) in [6.45, 7) is -0.0763. The van der Waals surface area contributed by atoms with E-state index in [9.17, 15) is 27.1 Å². The second-order valence-electron chi connectivity index (χ2n) is 7.13. The highest BCUT2D eigenvalue weighted by molar-refractivity contribution is 7.89. The molecule has 1 saturated heterocycles. The van der Waals surface area contributed by atoms with Crippen LogP contribution in [0, 0.1) is 11.6 Å². The first-order valence-electron chi connectivity index (χ1n) is 9.38. The summed E-state index contributed by atoms with van der Waals surface area (Å²) >= 11 is 5.69. The van der Waals surface area contributed by atoms with E-state index in [1.54, 1.807) is 0 Å². The summed E-state index contributed by atoms with van der Waals surface area (Å²) in [5, 5.41) is 12.2. The van der Waals surface area contributed by atoms with Crippen LogP contribution in [0.25, 0.3) is 0 Å². The molecule has 1 fully saturated rings. The summed E-state index contributed by atoms with van der Waals surface area (Å²) in [6.07, 6.45) is -0.862. The van der Waals surface area contributed by atoms with Crippen LogP contribution in [0.15, 0.2) is 41.3 Å². The zero-order valence-electron chi connectivity index (χ0n) is 16.5. The number of nitrogens with zero attached hydrogens (tertiary/aromatic N) is 1. The molecule has 0 aromatic heterocycles. The molecule has 1 aliphatic rings. The van der Waals surface area contributed by atoms with Crippen molar-refractivity contribution < 1.29 is 31.8 Å². The van der Waals surface area contributed by atoms with Gasteiger partial charge < -0.3 is 15.2 Å². The van der Waals surface area contributed by atoms with Crippen LogP contribution in [-0.4, -0.2) is 56.1 Å². The molecule has 2 aromatic rings. The Morgan fingerprint density at radius 1 is 1.23 bits per heavy atom. The maximum atomic E-state index is 14.5. The van der Waals surface area contributed by atoms with Crippen LogP contribution >= 0.6 is 11.6 Å². The van der Waals surface area contributed by atoms with Gasteiger partial charge in [-0.15, -0.1) is 0 Å². The van der Waals surface area contributed by atoms with Gasteiger partial charge in [0.2, 0.25) is 10.0 Å². The van der Waals surface area contributed by atoms with E-state index >= 15 is 0 Å². The molecule has 3 rings (SSSR count). The maximum absolute atomic E-state index is 14.5. The lowest BCUT2D eigenvalue weighted by Crippen LogP contribution is -2.37. The Balaban J connectivity index is 1.88. The smallest absolute Gasteiger partial charge is 0.255 e. The van der Waals surface area contributed by atoms with E-state index < -0.39 is 44.7 Å². The highest BCUT2D eigenvalue weighted by Gasteiger charge is 2.33. The van der Waals surface area contributed by atoms with Crippen molar-refractivity contribution in [2.75, 3.05) is 25.5 Å². The van der Waals surface area contributed by atoms with Gasteiger partial charge in [-0.1, -0.05) is 11.6 Å². The Morgan fingerprint density at radius 2 is 1.94 bits per heavy atom. The molecule has 2 aromatic carbocycles. The van der Waals surface area contributed by atoms with Crippen molar-refractivity contribution in [1.29, 1.82) is 0 Å². The van der Waals surface area contributed by atoms with Crippen LogP contribution in [-0.2, 0) is 14.8 Å². The van der Waals surface area contributed by atoms with E-state index in [0.29, 0.717) is 0 Å². The van der Waals surface area contributed by atoms with Gasteiger partial charge in [-0.2, -0.15) is 4.31 Å². The third-order valence-electron chi connectivity index (χ3n) is 4.98. The minimum absolute atomic E-state index is 0.0205. The van der Waals surface area contributed by atoms with Crippen LogP contribution in [0.5, 0.6) is 0 Å². The SMILES string of the molecule is COC1CC(O)CCN(S(=O)(=O)c2cc(C(=O)Nc3ccc(F)c(Cl)c3)ccc2F)C1. The molecule has 11 heteroatoms. The maximum Gasteiger partial charge on any atom is 0.255 e. The Kier molecular flexibility index (Phi) is 7.28. The van der Waals surface area contributed by atoms with E-state index in [2.05, 4.69) is 5.32 Å². The van der Waals surface area contributed by atoms with E-state index in [0.717, 1.165) is 28.6 Å². The fourth-order valence-electron chi connectivity index (χ4n) is 3.25. The number of hydrogen-bond donors (Lipinski definition) is 2. The van der Waals surface area contributed by atoms with E-state index in [4.69, 9.17) is 16.3 Å². The molecule has 31 heavy (non-hydrogen) atoms. The normalized spacial score (nSPS) is 20.3. The molecule has 1 aliphatic heterocycles. The molecule has 1 amide bonds. The molecule has 0 bridgehead atoms. The van der Waals surface area contributed by atoms with Crippen molar-refractivity contribution >= 4 is 33.2 Å². The van der Waals surface area contributed by atoms with Crippen molar-refractivity contribution in [1.82, 2.24) is 4.31 Å². The molecule has 0 saturated carbocycles. The molecule has 7 nitrogen and oxygen atoms in total. The summed E-state index contributed by atoms with van der Waals surface area (Å²) in [4.78, 5) is 11.9. The Bertz CT molecular complexity index is 1080. The molecular weight excluding hydrogens is 454 g/mol. The number of aliphatic hydroxyl groups is 1. The molecule has 2 atom stereocenters. The van der Waals surface area contributed by atoms with Gasteiger partial charge in [0, 0.05) is 37.9 Å². The minimum Gasteiger partial charge on any atom is -0.393 e. The monoisotopic (exact) mass is 474 g/mol. The van der Waals surface area contributed by atoms with Gasteiger partial charge in [-0.05, 0) is 42.8 Å². The molecular formula is C20H21ClF2N2O5S. The fraction of sp³-hybridized carbons (Fsp3) is 0.350. The lowest BCUT2D eigenvalue weighted by Gasteiger charge is -2.23. The molecule has 2 N–H and O–H groups in total. The Morgan fingerprint density at radius 3 is 2.61 bits per heavy atom. The van der Waals surface area contributed by atoms with Gasteiger partial charge in [-0.25, -0.2) is 17.2 Å². The largest absolute Gasteiger partial charge is 0.393 e. The van der Waals surface area contributed by atoms with E-state index in [-0.39, 0.29) is 42.2 Å². The lowest BCUT2D eigenvalue weighted by atomic mass is 10.1. The number of methoxy groups -OCH3 is 1. The van der Waals surface area contributed by atoms with Gasteiger partial charge in [-0.3, -0.25) is 4.79 Å². The predicted octanol–water partition coefficient (Wildman–Crippen LogP) is 3.03. The highest BCUT2D eigenvalue weighted by atomic mass is 35.5. The summed E-state index contributed by atoms with van der Waals surface area (Å²) in [6, 6.07) is 6.52. The molecule has 168 valence electrons. The number of ether oxygens (including phenoxy) is 1. The van der Waals surface area contributed by atoms with Crippen LogP contribution in [0.2, 0.25) is 5.02 Å². The number of aliphatic hydroxyl groups excluding tert-OH is 1. The minimum atomic E-state index is -4.31. The Hall–Kier alpha value is -2.11. The van der Waals surface area contributed by atoms with Crippen molar-refractivity contribution in [2.45, 2.75) is 29.9 Å². The van der Waals surface area contributed by atoms with Crippen molar-refractivity contribution in [3.8, 4) is 0 Å². The summed E-state index contributed by atoms with van der Waals surface area (Å²) in [5.74, 6) is -2.40. The molecule has 2 unspecified atom stereocenters. The fourth-order valence-corrected chi connectivity index (χ4v) is 5.01. The van der Waals surface area contributed by atoms with E-state index in [1.807, 2.05) is 0 Å². The van der Waals surface area contributed by atoms with Gasteiger partial charge in [0.25, 0.3) is 5.91 Å². The van der Waals surface area contributed by atoms with Gasteiger partial charge in [0.1, 0.15) is 16.5 Å². The predicted molar refractivity (Wildman–Crippen MR) is 111 cm³/mol. The molecule has 1 heterocycles. The second-order valence-corrected chi connectivity index (χ2v) is 9.44. The van der Waals surface area contributed by atoms with Gasteiger partial charge in [0.15, 0.2) is 0 Å². The van der Waals surface area contributed by atoms with E-state index in [1.165, 1.54) is 19.2 Å². The zero-order valence-corrected chi connectivity index (χ0v) is 18.1. The molecule has 0 aliphatic carbocycles. The van der Waals surface area contributed by atoms with Crippen molar-refractivity contribution in [3.63, 3.8) is 0 Å². The summed E-state index contributed by atoms with van der Waals surface area (Å²) in [5.41, 5.74) is 0.0770. The van der Waals surface area contributed by atoms with Crippen LogP contribution < -0.4 is 5.32 Å². The number of benzene rings is 2. The zero-order chi connectivity index (χ0) is 22.8. The summed E-state index contributed by atoms with van der Waals surface area (Å²) in [7, 11) is -2.90. The van der Waals surface area contributed by atoms with Gasteiger partial charge in [0.05, 0.1) is 17.2 Å². The molecule has 0 radical (unpaired) electrons. The van der Waals surface area contributed by atoms with Crippen LogP contribution in [0.3, 0.4) is 0 Å².